The summed E-state index contributed by atoms with van der Waals surface area (Å²) in [6.45, 7) is 0.0660. The van der Waals surface area contributed by atoms with Gasteiger partial charge in [-0.25, -0.2) is 4.39 Å². The first-order chi connectivity index (χ1) is 15.0. The van der Waals surface area contributed by atoms with Gasteiger partial charge < -0.3 is 20.1 Å². The molecule has 0 bridgehead atoms. The average molecular weight is 420 g/mol. The van der Waals surface area contributed by atoms with Crippen LogP contribution in [0.25, 0.3) is 0 Å². The predicted octanol–water partition coefficient (Wildman–Crippen LogP) is 4.31. The van der Waals surface area contributed by atoms with Crippen molar-refractivity contribution in [3.05, 3.63) is 83.7 Å². The highest BCUT2D eigenvalue weighted by Crippen LogP contribution is 2.27. The average Bonchev–Trinajstić information content (AvgIpc) is 2.76. The van der Waals surface area contributed by atoms with Gasteiger partial charge in [0.1, 0.15) is 23.9 Å². The van der Waals surface area contributed by atoms with Gasteiger partial charge in [-0.15, -0.1) is 0 Å². The Morgan fingerprint density at radius 1 is 0.968 bits per heavy atom. The predicted molar refractivity (Wildman–Crippen MR) is 115 cm³/mol. The molecule has 3 aromatic carbocycles. The van der Waals surface area contributed by atoms with Crippen LogP contribution in [0.4, 0.5) is 15.8 Å². The minimum atomic E-state index is -0.314. The molecule has 2 N–H and O–H groups in total. The molecule has 2 amide bonds. The van der Waals surface area contributed by atoms with Crippen LogP contribution in [0.2, 0.25) is 0 Å². The van der Waals surface area contributed by atoms with Crippen molar-refractivity contribution in [2.45, 2.75) is 19.4 Å². The molecular weight excluding hydrogens is 399 g/mol. The summed E-state index contributed by atoms with van der Waals surface area (Å²) in [5.74, 6) is 0.499. The Morgan fingerprint density at radius 3 is 2.68 bits per heavy atom. The van der Waals surface area contributed by atoms with Gasteiger partial charge in [-0.2, -0.15) is 0 Å². The van der Waals surface area contributed by atoms with Gasteiger partial charge in [-0.3, -0.25) is 9.59 Å². The van der Waals surface area contributed by atoms with Crippen LogP contribution in [0.15, 0.2) is 66.7 Å². The van der Waals surface area contributed by atoms with Crippen molar-refractivity contribution in [1.82, 2.24) is 0 Å². The van der Waals surface area contributed by atoms with Crippen molar-refractivity contribution in [3.8, 4) is 11.5 Å². The second kappa shape index (κ2) is 9.30. The number of amides is 2. The zero-order valence-corrected chi connectivity index (χ0v) is 16.7. The van der Waals surface area contributed by atoms with Crippen LogP contribution in [0.5, 0.6) is 11.5 Å². The number of anilines is 2. The molecule has 0 fully saturated rings. The molecular formula is C24H21FN2O4. The summed E-state index contributed by atoms with van der Waals surface area (Å²) >= 11 is 0. The highest BCUT2D eigenvalue weighted by Gasteiger charge is 2.15. The fourth-order valence-electron chi connectivity index (χ4n) is 3.25. The van der Waals surface area contributed by atoms with E-state index >= 15 is 0 Å². The van der Waals surface area contributed by atoms with Crippen LogP contribution in [0, 0.1) is 5.82 Å². The molecule has 31 heavy (non-hydrogen) atoms. The SMILES string of the molecule is O=C(COc1ccc2c(c1)CCC(=O)N2)Nc1cccc(OCc2cccc(F)c2)c1. The lowest BCUT2D eigenvalue weighted by Crippen LogP contribution is -2.21. The van der Waals surface area contributed by atoms with E-state index in [9.17, 15) is 14.0 Å². The third-order valence-electron chi connectivity index (χ3n) is 4.75. The van der Waals surface area contributed by atoms with Gasteiger partial charge >= 0.3 is 0 Å². The Balaban J connectivity index is 1.29. The highest BCUT2D eigenvalue weighted by molar-refractivity contribution is 5.94. The Labute approximate surface area is 179 Å². The molecule has 0 saturated carbocycles. The summed E-state index contributed by atoms with van der Waals surface area (Å²) in [5, 5.41) is 5.58. The fraction of sp³-hybridized carbons (Fsp3) is 0.167. The first-order valence-electron chi connectivity index (χ1n) is 9.88. The Hall–Kier alpha value is -3.87. The molecule has 0 aromatic heterocycles. The van der Waals surface area contributed by atoms with E-state index in [0.717, 1.165) is 11.3 Å². The van der Waals surface area contributed by atoms with Gasteiger partial charge in [0.2, 0.25) is 5.91 Å². The lowest BCUT2D eigenvalue weighted by atomic mass is 10.0. The molecule has 7 heteroatoms. The maximum Gasteiger partial charge on any atom is 0.262 e. The van der Waals surface area contributed by atoms with Gasteiger partial charge in [-0.1, -0.05) is 18.2 Å². The van der Waals surface area contributed by atoms with E-state index in [2.05, 4.69) is 10.6 Å². The molecule has 4 rings (SSSR count). The van der Waals surface area contributed by atoms with Crippen molar-refractivity contribution in [1.29, 1.82) is 0 Å². The molecule has 0 radical (unpaired) electrons. The molecule has 1 heterocycles. The number of ether oxygens (including phenoxy) is 2. The number of carbonyl (C=O) groups excluding carboxylic acids is 2. The zero-order chi connectivity index (χ0) is 21.6. The van der Waals surface area contributed by atoms with Crippen LogP contribution < -0.4 is 20.1 Å². The van der Waals surface area contributed by atoms with Crippen LogP contribution in [0.1, 0.15) is 17.5 Å². The summed E-state index contributed by atoms with van der Waals surface area (Å²) in [6, 6.07) is 18.5. The number of nitrogens with one attached hydrogen (secondary N) is 2. The Kier molecular flexibility index (Phi) is 6.12. The smallest absolute Gasteiger partial charge is 0.262 e. The minimum absolute atomic E-state index is 0.00249. The topological polar surface area (TPSA) is 76.7 Å². The van der Waals surface area contributed by atoms with Crippen molar-refractivity contribution < 1.29 is 23.5 Å². The standard InChI is InChI=1S/C24H21FN2O4/c25-18-4-1-3-16(11-18)14-30-20-6-2-5-19(13-20)26-24(29)15-31-21-8-9-22-17(12-21)7-10-23(28)27-22/h1-6,8-9,11-13H,7,10,14-15H2,(H,26,29)(H,27,28). The van der Waals surface area contributed by atoms with E-state index < -0.39 is 0 Å². The maximum atomic E-state index is 13.3. The summed E-state index contributed by atoms with van der Waals surface area (Å²) in [4.78, 5) is 23.7. The largest absolute Gasteiger partial charge is 0.489 e. The Bertz CT molecular complexity index is 1120. The van der Waals surface area contributed by atoms with Gasteiger partial charge in [0.15, 0.2) is 6.61 Å². The van der Waals surface area contributed by atoms with E-state index in [1.165, 1.54) is 12.1 Å². The van der Waals surface area contributed by atoms with Crippen molar-refractivity contribution in [3.63, 3.8) is 0 Å². The molecule has 0 unspecified atom stereocenters. The minimum Gasteiger partial charge on any atom is -0.489 e. The van der Waals surface area contributed by atoms with Crippen LogP contribution >= 0.6 is 0 Å². The maximum absolute atomic E-state index is 13.3. The molecule has 0 spiro atoms. The first kappa shape index (κ1) is 20.4. The van der Waals surface area contributed by atoms with E-state index in [0.29, 0.717) is 35.6 Å². The second-order valence-electron chi connectivity index (χ2n) is 7.15. The van der Waals surface area contributed by atoms with Gasteiger partial charge in [-0.05, 0) is 60.0 Å². The van der Waals surface area contributed by atoms with Crippen LogP contribution in [0.3, 0.4) is 0 Å². The highest BCUT2D eigenvalue weighted by atomic mass is 19.1. The molecule has 1 aliphatic rings. The third-order valence-corrected chi connectivity index (χ3v) is 4.75. The molecule has 0 aliphatic carbocycles. The number of halogens is 1. The monoisotopic (exact) mass is 420 g/mol. The van der Waals surface area contributed by atoms with E-state index in [1.54, 1.807) is 48.5 Å². The van der Waals surface area contributed by atoms with Gasteiger partial charge in [0, 0.05) is 23.9 Å². The summed E-state index contributed by atoms with van der Waals surface area (Å²) < 4.78 is 24.5. The molecule has 6 nitrogen and oxygen atoms in total. The second-order valence-corrected chi connectivity index (χ2v) is 7.15. The number of rotatable bonds is 7. The first-order valence-corrected chi connectivity index (χ1v) is 9.88. The number of carbonyl (C=O) groups is 2. The quantitative estimate of drug-likeness (QED) is 0.597. The summed E-state index contributed by atoms with van der Waals surface area (Å²) in [5.41, 5.74) is 3.05. The zero-order valence-electron chi connectivity index (χ0n) is 16.7. The number of hydrogen-bond acceptors (Lipinski definition) is 4. The molecule has 0 atom stereocenters. The molecule has 158 valence electrons. The molecule has 3 aromatic rings. The van der Waals surface area contributed by atoms with E-state index in [1.807, 2.05) is 6.07 Å². The lowest BCUT2D eigenvalue weighted by molar-refractivity contribution is -0.118. The normalized spacial score (nSPS) is 12.5. The van der Waals surface area contributed by atoms with Crippen LogP contribution in [-0.4, -0.2) is 18.4 Å². The number of benzene rings is 3. The number of fused-ring (bicyclic) bond motifs is 1. The molecule has 0 saturated heterocycles. The van der Waals surface area contributed by atoms with Crippen LogP contribution in [-0.2, 0) is 22.6 Å². The van der Waals surface area contributed by atoms with Crippen molar-refractivity contribution >= 4 is 23.2 Å². The fourth-order valence-corrected chi connectivity index (χ4v) is 3.25. The van der Waals surface area contributed by atoms with Crippen molar-refractivity contribution in [2.24, 2.45) is 0 Å². The van der Waals surface area contributed by atoms with Gasteiger partial charge in [0.25, 0.3) is 5.91 Å². The lowest BCUT2D eigenvalue weighted by Gasteiger charge is -2.17. The molecule has 1 aliphatic heterocycles. The Morgan fingerprint density at radius 2 is 1.81 bits per heavy atom. The van der Waals surface area contributed by atoms with E-state index in [4.69, 9.17) is 9.47 Å². The summed E-state index contributed by atoms with van der Waals surface area (Å²) in [6.07, 6.45) is 1.08. The van der Waals surface area contributed by atoms with E-state index in [-0.39, 0.29) is 30.8 Å². The third kappa shape index (κ3) is 5.60. The van der Waals surface area contributed by atoms with Crippen molar-refractivity contribution in [2.75, 3.05) is 17.2 Å². The number of hydrogen-bond donors (Lipinski definition) is 2. The number of aryl methyl sites for hydroxylation is 1. The summed E-state index contributed by atoms with van der Waals surface area (Å²) in [7, 11) is 0. The van der Waals surface area contributed by atoms with Gasteiger partial charge in [0.05, 0.1) is 0 Å².